The lowest BCUT2D eigenvalue weighted by Crippen LogP contribution is -2.54. The van der Waals surface area contributed by atoms with Crippen LogP contribution in [0.15, 0.2) is 77.7 Å². The summed E-state index contributed by atoms with van der Waals surface area (Å²) in [6.07, 6.45) is 0.291. The van der Waals surface area contributed by atoms with Crippen molar-refractivity contribution in [2.45, 2.75) is 89.0 Å². The van der Waals surface area contributed by atoms with Crippen molar-refractivity contribution in [3.63, 3.8) is 0 Å². The number of rotatable bonds is 11. The third kappa shape index (κ3) is 8.65. The molecule has 3 aromatic rings. The minimum atomic E-state index is -4.74. The van der Waals surface area contributed by atoms with Crippen molar-refractivity contribution >= 4 is 27.5 Å². The van der Waals surface area contributed by atoms with Gasteiger partial charge in [-0.25, -0.2) is 8.42 Å². The van der Waals surface area contributed by atoms with Gasteiger partial charge in [0.15, 0.2) is 0 Å². The molecule has 1 aliphatic carbocycles. The van der Waals surface area contributed by atoms with Crippen LogP contribution in [0.2, 0.25) is 0 Å². The molecule has 0 saturated heterocycles. The highest BCUT2D eigenvalue weighted by Crippen LogP contribution is 2.33. The number of amides is 2. The lowest BCUT2D eigenvalue weighted by Gasteiger charge is -2.34. The maximum atomic E-state index is 14.2. The van der Waals surface area contributed by atoms with Crippen molar-refractivity contribution in [2.75, 3.05) is 10.8 Å². The molecule has 45 heavy (non-hydrogen) atoms. The minimum Gasteiger partial charge on any atom is -0.352 e. The maximum Gasteiger partial charge on any atom is 0.416 e. The first-order chi connectivity index (χ1) is 21.3. The molecule has 0 aromatic heterocycles. The molecule has 0 aliphatic heterocycles. The second-order valence-electron chi connectivity index (χ2n) is 11.7. The molecule has 1 unspecified atom stereocenters. The lowest BCUT2D eigenvalue weighted by atomic mass is 9.95. The first kappa shape index (κ1) is 34.0. The van der Waals surface area contributed by atoms with E-state index in [1.165, 1.54) is 23.1 Å². The number of sulfonamides is 1. The number of anilines is 1. The van der Waals surface area contributed by atoms with Gasteiger partial charge in [-0.3, -0.25) is 13.9 Å². The van der Waals surface area contributed by atoms with Crippen molar-refractivity contribution in [2.24, 2.45) is 0 Å². The smallest absolute Gasteiger partial charge is 0.352 e. The van der Waals surface area contributed by atoms with Crippen molar-refractivity contribution in [1.29, 1.82) is 0 Å². The number of alkyl halides is 3. The Morgan fingerprint density at radius 1 is 0.911 bits per heavy atom. The molecular weight excluding hydrogens is 603 g/mol. The Morgan fingerprint density at radius 2 is 1.58 bits per heavy atom. The lowest BCUT2D eigenvalue weighted by molar-refractivity contribution is -0.140. The zero-order valence-corrected chi connectivity index (χ0v) is 26.6. The summed E-state index contributed by atoms with van der Waals surface area (Å²) in [6, 6.07) is 16.2. The summed E-state index contributed by atoms with van der Waals surface area (Å²) in [4.78, 5) is 29.1. The number of benzene rings is 3. The van der Waals surface area contributed by atoms with Gasteiger partial charge >= 0.3 is 6.18 Å². The van der Waals surface area contributed by atoms with Gasteiger partial charge in [-0.15, -0.1) is 0 Å². The van der Waals surface area contributed by atoms with E-state index < -0.39 is 40.3 Å². The van der Waals surface area contributed by atoms with E-state index in [0.29, 0.717) is 4.31 Å². The molecule has 0 heterocycles. The number of carbonyl (C=O) groups excluding carboxylic acids is 2. The number of halogens is 3. The molecule has 4 rings (SSSR count). The second kappa shape index (κ2) is 14.5. The molecule has 1 N–H and O–H groups in total. The van der Waals surface area contributed by atoms with Gasteiger partial charge < -0.3 is 10.2 Å². The monoisotopic (exact) mass is 643 g/mol. The first-order valence-corrected chi connectivity index (χ1v) is 16.7. The Morgan fingerprint density at radius 3 is 2.20 bits per heavy atom. The average molecular weight is 644 g/mol. The van der Waals surface area contributed by atoms with Crippen LogP contribution in [0.4, 0.5) is 18.9 Å². The van der Waals surface area contributed by atoms with E-state index in [0.717, 1.165) is 67.0 Å². The van der Waals surface area contributed by atoms with E-state index >= 15 is 0 Å². The predicted molar refractivity (Wildman–Crippen MR) is 168 cm³/mol. The SMILES string of the molecule is CCC(C(=O)NC1CCCCC1)N(Cc1cccc(C)c1)C(=O)CN(c1cccc(C(F)(F)F)c1)S(=O)(=O)c1ccc(C)cc1. The summed E-state index contributed by atoms with van der Waals surface area (Å²) in [6.45, 7) is 4.65. The van der Waals surface area contributed by atoms with E-state index in [-0.39, 0.29) is 35.5 Å². The van der Waals surface area contributed by atoms with Crippen LogP contribution in [0.25, 0.3) is 0 Å². The highest BCUT2D eigenvalue weighted by molar-refractivity contribution is 7.92. The van der Waals surface area contributed by atoms with E-state index in [2.05, 4.69) is 5.32 Å². The minimum absolute atomic E-state index is 0.0120. The van der Waals surface area contributed by atoms with Crippen LogP contribution in [0.5, 0.6) is 0 Å². The highest BCUT2D eigenvalue weighted by atomic mass is 32.2. The Hall–Kier alpha value is -3.86. The maximum absolute atomic E-state index is 14.2. The Labute approximate surface area is 263 Å². The summed E-state index contributed by atoms with van der Waals surface area (Å²) in [5, 5.41) is 3.08. The Bertz CT molecular complexity index is 1590. The standard InChI is InChI=1S/C34H40F3N3O4S/c1-4-31(33(42)38-28-13-6-5-7-14-28)39(22-26-11-8-10-25(3)20-26)32(41)23-40(29-15-9-12-27(21-29)34(35,36)37)45(43,44)30-18-16-24(2)17-19-30/h8-12,15-21,28,31H,4-7,13-14,22-23H2,1-3H3,(H,38,42). The van der Waals surface area contributed by atoms with Crippen molar-refractivity contribution in [3.8, 4) is 0 Å². The topological polar surface area (TPSA) is 86.8 Å². The summed E-state index contributed by atoms with van der Waals surface area (Å²) < 4.78 is 69.8. The fourth-order valence-corrected chi connectivity index (χ4v) is 7.08. The van der Waals surface area contributed by atoms with Crippen molar-refractivity contribution in [3.05, 3.63) is 95.1 Å². The summed E-state index contributed by atoms with van der Waals surface area (Å²) >= 11 is 0. The molecule has 2 amide bonds. The summed E-state index contributed by atoms with van der Waals surface area (Å²) in [5.41, 5.74) is 1.10. The van der Waals surface area contributed by atoms with Crippen LogP contribution >= 0.6 is 0 Å². The van der Waals surface area contributed by atoms with E-state index in [9.17, 15) is 31.2 Å². The Balaban J connectivity index is 1.75. The van der Waals surface area contributed by atoms with E-state index in [1.807, 2.05) is 31.2 Å². The second-order valence-corrected chi connectivity index (χ2v) is 13.5. The van der Waals surface area contributed by atoms with Crippen LogP contribution in [0.3, 0.4) is 0 Å². The molecule has 0 bridgehead atoms. The van der Waals surface area contributed by atoms with Crippen LogP contribution in [0.1, 0.15) is 67.7 Å². The molecule has 1 saturated carbocycles. The molecule has 3 aromatic carbocycles. The fraction of sp³-hybridized carbons (Fsp3) is 0.412. The Kier molecular flexibility index (Phi) is 11.0. The van der Waals surface area contributed by atoms with Gasteiger partial charge in [-0.1, -0.05) is 79.8 Å². The quantitative estimate of drug-likeness (QED) is 0.250. The van der Waals surface area contributed by atoms with Gasteiger partial charge in [0.05, 0.1) is 16.1 Å². The summed E-state index contributed by atoms with van der Waals surface area (Å²) in [7, 11) is -4.50. The molecule has 11 heteroatoms. The summed E-state index contributed by atoms with van der Waals surface area (Å²) in [5.74, 6) is -1.05. The molecule has 0 spiro atoms. The largest absolute Gasteiger partial charge is 0.416 e. The molecule has 242 valence electrons. The van der Waals surface area contributed by atoms with Crippen LogP contribution in [-0.4, -0.2) is 43.8 Å². The number of carbonyl (C=O) groups is 2. The van der Waals surface area contributed by atoms with Crippen molar-refractivity contribution < 1.29 is 31.2 Å². The molecular formula is C34H40F3N3O4S. The zero-order valence-electron chi connectivity index (χ0n) is 25.8. The van der Waals surface area contributed by atoms with Gasteiger partial charge in [0.25, 0.3) is 10.0 Å². The first-order valence-electron chi connectivity index (χ1n) is 15.2. The third-order valence-electron chi connectivity index (χ3n) is 8.12. The molecule has 1 atom stereocenters. The average Bonchev–Trinajstić information content (AvgIpc) is 3.00. The number of nitrogens with zero attached hydrogens (tertiary/aromatic N) is 2. The third-order valence-corrected chi connectivity index (χ3v) is 9.91. The van der Waals surface area contributed by atoms with Crippen molar-refractivity contribution in [1.82, 2.24) is 10.2 Å². The predicted octanol–water partition coefficient (Wildman–Crippen LogP) is 6.77. The van der Waals surface area contributed by atoms with Gasteiger partial charge in [0.2, 0.25) is 11.8 Å². The van der Waals surface area contributed by atoms with Gasteiger partial charge in [0.1, 0.15) is 12.6 Å². The number of hydrogen-bond acceptors (Lipinski definition) is 4. The zero-order chi connectivity index (χ0) is 32.8. The molecule has 0 radical (unpaired) electrons. The van der Waals surface area contributed by atoms with Gasteiger partial charge in [-0.2, -0.15) is 13.2 Å². The van der Waals surface area contributed by atoms with E-state index in [1.54, 1.807) is 26.0 Å². The van der Waals surface area contributed by atoms with Crippen LogP contribution in [-0.2, 0) is 32.3 Å². The molecule has 1 fully saturated rings. The fourth-order valence-electron chi connectivity index (χ4n) is 5.67. The number of nitrogens with one attached hydrogen (secondary N) is 1. The number of hydrogen-bond donors (Lipinski definition) is 1. The highest BCUT2D eigenvalue weighted by Gasteiger charge is 2.36. The van der Waals surface area contributed by atoms with Crippen LogP contribution in [0, 0.1) is 13.8 Å². The molecule has 1 aliphatic rings. The molecule has 7 nitrogen and oxygen atoms in total. The van der Waals surface area contributed by atoms with E-state index in [4.69, 9.17) is 0 Å². The van der Waals surface area contributed by atoms with Gasteiger partial charge in [0, 0.05) is 12.6 Å². The van der Waals surface area contributed by atoms with Gasteiger partial charge in [-0.05, 0) is 69.0 Å². The number of aryl methyl sites for hydroxylation is 2. The van der Waals surface area contributed by atoms with Crippen LogP contribution < -0.4 is 9.62 Å². The normalized spacial score (nSPS) is 14.9.